The minimum atomic E-state index is -2.99. The number of benzene rings is 1. The van der Waals surface area contributed by atoms with Crippen LogP contribution in [0.15, 0.2) is 24.3 Å². The van der Waals surface area contributed by atoms with Gasteiger partial charge in [0, 0.05) is 38.6 Å². The molecule has 0 spiro atoms. The lowest BCUT2D eigenvalue weighted by Crippen LogP contribution is -2.46. The number of nitrogens with zero attached hydrogens (tertiary/aromatic N) is 2. The Morgan fingerprint density at radius 1 is 1.09 bits per heavy atom. The van der Waals surface area contributed by atoms with E-state index in [0.717, 1.165) is 32.2 Å². The van der Waals surface area contributed by atoms with Gasteiger partial charge < -0.3 is 4.90 Å². The zero-order valence-corrected chi connectivity index (χ0v) is 14.9. The van der Waals surface area contributed by atoms with E-state index in [1.165, 1.54) is 17.5 Å². The molecule has 2 atom stereocenters. The topological polar surface area (TPSA) is 40.6 Å². The summed E-state index contributed by atoms with van der Waals surface area (Å²) in [5.41, 5.74) is 2.44. The monoisotopic (exact) mass is 324 g/mol. The van der Waals surface area contributed by atoms with Gasteiger partial charge in [0.15, 0.2) is 9.84 Å². The van der Waals surface area contributed by atoms with Crippen LogP contribution in [-0.4, -0.2) is 52.0 Å². The molecule has 0 aromatic heterocycles. The van der Waals surface area contributed by atoms with E-state index in [9.17, 15) is 8.42 Å². The molecule has 0 amide bonds. The number of para-hydroxylation sites is 1. The van der Waals surface area contributed by atoms with Gasteiger partial charge in [-0.3, -0.25) is 4.90 Å². The third-order valence-electron chi connectivity index (χ3n) is 4.68. The summed E-state index contributed by atoms with van der Waals surface area (Å²) < 4.78 is 24.2. The van der Waals surface area contributed by atoms with Gasteiger partial charge in [-0.2, -0.15) is 0 Å². The molecule has 2 rings (SSSR count). The average Bonchev–Trinajstić information content (AvgIpc) is 2.46. The molecular formula is C17H28N2O2S. The number of rotatable bonds is 5. The van der Waals surface area contributed by atoms with E-state index in [1.807, 2.05) is 26.2 Å². The van der Waals surface area contributed by atoms with Gasteiger partial charge in [0.2, 0.25) is 0 Å². The van der Waals surface area contributed by atoms with Crippen LogP contribution < -0.4 is 4.90 Å². The van der Waals surface area contributed by atoms with Crippen LogP contribution in [0.25, 0.3) is 0 Å². The van der Waals surface area contributed by atoms with Gasteiger partial charge in [0.05, 0.1) is 5.25 Å². The summed E-state index contributed by atoms with van der Waals surface area (Å²) in [4.78, 5) is 4.34. The molecule has 0 bridgehead atoms. The molecular weight excluding hydrogens is 296 g/mol. The summed E-state index contributed by atoms with van der Waals surface area (Å²) in [5, 5.41) is -0.224. The highest BCUT2D eigenvalue weighted by Crippen LogP contribution is 2.29. The van der Waals surface area contributed by atoms with E-state index >= 15 is 0 Å². The smallest absolute Gasteiger partial charge is 0.151 e. The van der Waals surface area contributed by atoms with Gasteiger partial charge in [-0.15, -0.1) is 0 Å². The fourth-order valence-electron chi connectivity index (χ4n) is 3.55. The van der Waals surface area contributed by atoms with Crippen molar-refractivity contribution in [3.63, 3.8) is 0 Å². The number of hydrogen-bond donors (Lipinski definition) is 0. The average molecular weight is 324 g/mol. The zero-order valence-electron chi connectivity index (χ0n) is 14.1. The Bertz CT molecular complexity index is 598. The van der Waals surface area contributed by atoms with Crippen molar-refractivity contribution in [1.82, 2.24) is 4.90 Å². The predicted molar refractivity (Wildman–Crippen MR) is 93.1 cm³/mol. The van der Waals surface area contributed by atoms with Crippen molar-refractivity contribution < 1.29 is 8.42 Å². The van der Waals surface area contributed by atoms with Crippen molar-refractivity contribution >= 4 is 15.5 Å². The second kappa shape index (κ2) is 7.01. The third-order valence-corrected chi connectivity index (χ3v) is 6.33. The first kappa shape index (κ1) is 17.3. The molecule has 124 valence electrons. The summed E-state index contributed by atoms with van der Waals surface area (Å²) in [6.07, 6.45) is 5.30. The Morgan fingerprint density at radius 2 is 1.73 bits per heavy atom. The maximum Gasteiger partial charge on any atom is 0.151 e. The fraction of sp³-hybridized carbons (Fsp3) is 0.647. The Kier molecular flexibility index (Phi) is 5.50. The quantitative estimate of drug-likeness (QED) is 0.834. The maximum atomic E-state index is 12.1. The number of hydrogen-bond acceptors (Lipinski definition) is 4. The standard InChI is InChI=1S/C17H28N2O2S/c1-18(2)15-10-6-5-9-14(15)13-19(3)16-11-7-8-12-17(16)22(4,20)21/h5-6,9-10,16-17H,7-8,11-13H2,1-4H3/t16-,17+/m1/s1. The number of sulfone groups is 1. The minimum Gasteiger partial charge on any atom is -0.377 e. The second-order valence-electron chi connectivity index (χ2n) is 6.66. The molecule has 5 heteroatoms. The first-order valence-corrected chi connectivity index (χ1v) is 9.90. The van der Waals surface area contributed by atoms with Crippen LogP contribution in [0.2, 0.25) is 0 Å². The van der Waals surface area contributed by atoms with Crippen molar-refractivity contribution in [2.75, 3.05) is 32.3 Å². The van der Waals surface area contributed by atoms with Gasteiger partial charge in [-0.05, 0) is 31.5 Å². The van der Waals surface area contributed by atoms with Crippen molar-refractivity contribution in [2.24, 2.45) is 0 Å². The lowest BCUT2D eigenvalue weighted by molar-refractivity contribution is 0.187. The van der Waals surface area contributed by atoms with Crippen molar-refractivity contribution in [2.45, 2.75) is 43.5 Å². The van der Waals surface area contributed by atoms with Crippen molar-refractivity contribution in [3.8, 4) is 0 Å². The highest BCUT2D eigenvalue weighted by atomic mass is 32.2. The largest absolute Gasteiger partial charge is 0.377 e. The molecule has 1 saturated carbocycles. The van der Waals surface area contributed by atoms with E-state index in [2.05, 4.69) is 29.0 Å². The molecule has 0 aliphatic heterocycles. The van der Waals surface area contributed by atoms with E-state index in [1.54, 1.807) is 0 Å². The van der Waals surface area contributed by atoms with E-state index in [4.69, 9.17) is 0 Å². The highest BCUT2D eigenvalue weighted by molar-refractivity contribution is 7.91. The summed E-state index contributed by atoms with van der Waals surface area (Å²) in [5.74, 6) is 0. The molecule has 1 aliphatic rings. The highest BCUT2D eigenvalue weighted by Gasteiger charge is 2.35. The third kappa shape index (κ3) is 4.02. The molecule has 0 radical (unpaired) electrons. The normalized spacial score (nSPS) is 22.8. The van der Waals surface area contributed by atoms with Crippen LogP contribution in [-0.2, 0) is 16.4 Å². The van der Waals surface area contributed by atoms with Crippen LogP contribution in [0.4, 0.5) is 5.69 Å². The second-order valence-corrected chi connectivity index (χ2v) is 8.92. The minimum absolute atomic E-state index is 0.124. The van der Waals surface area contributed by atoms with E-state index < -0.39 is 9.84 Å². The molecule has 1 aliphatic carbocycles. The van der Waals surface area contributed by atoms with E-state index in [0.29, 0.717) is 0 Å². The van der Waals surface area contributed by atoms with Crippen LogP contribution in [0.5, 0.6) is 0 Å². The Balaban J connectivity index is 2.19. The summed E-state index contributed by atoms with van der Waals surface area (Å²) in [6.45, 7) is 0.783. The molecule has 0 N–H and O–H groups in total. The van der Waals surface area contributed by atoms with Crippen LogP contribution >= 0.6 is 0 Å². The molecule has 4 nitrogen and oxygen atoms in total. The molecule has 1 aromatic carbocycles. The molecule has 0 saturated heterocycles. The van der Waals surface area contributed by atoms with Gasteiger partial charge in [-0.1, -0.05) is 31.0 Å². The molecule has 1 aromatic rings. The SMILES string of the molecule is CN(C)c1ccccc1CN(C)[C@@H]1CCCC[C@@H]1S(C)(=O)=O. The lowest BCUT2D eigenvalue weighted by atomic mass is 9.93. The maximum absolute atomic E-state index is 12.1. The zero-order chi connectivity index (χ0) is 16.3. The van der Waals surface area contributed by atoms with Crippen molar-refractivity contribution in [1.29, 1.82) is 0 Å². The summed E-state index contributed by atoms with van der Waals surface area (Å²) >= 11 is 0. The number of anilines is 1. The first-order valence-electron chi connectivity index (χ1n) is 7.95. The summed E-state index contributed by atoms with van der Waals surface area (Å²) in [6, 6.07) is 8.45. The van der Waals surface area contributed by atoms with Crippen LogP contribution in [0, 0.1) is 0 Å². The summed E-state index contributed by atoms with van der Waals surface area (Å²) in [7, 11) is 3.15. The Hall–Kier alpha value is -1.07. The first-order chi connectivity index (χ1) is 10.3. The Labute approximate surface area is 135 Å². The van der Waals surface area contributed by atoms with Gasteiger partial charge in [0.1, 0.15) is 0 Å². The Morgan fingerprint density at radius 3 is 2.36 bits per heavy atom. The molecule has 1 fully saturated rings. The van der Waals surface area contributed by atoms with Crippen LogP contribution in [0.1, 0.15) is 31.2 Å². The van der Waals surface area contributed by atoms with E-state index in [-0.39, 0.29) is 11.3 Å². The van der Waals surface area contributed by atoms with Gasteiger partial charge in [0.25, 0.3) is 0 Å². The van der Waals surface area contributed by atoms with Crippen molar-refractivity contribution in [3.05, 3.63) is 29.8 Å². The van der Waals surface area contributed by atoms with Gasteiger partial charge >= 0.3 is 0 Å². The fourth-order valence-corrected chi connectivity index (χ4v) is 5.06. The predicted octanol–water partition coefficient (Wildman–Crippen LogP) is 2.54. The molecule has 0 unspecified atom stereocenters. The molecule has 0 heterocycles. The van der Waals surface area contributed by atoms with Gasteiger partial charge in [-0.25, -0.2) is 8.42 Å². The lowest BCUT2D eigenvalue weighted by Gasteiger charge is -2.37. The van der Waals surface area contributed by atoms with Crippen LogP contribution in [0.3, 0.4) is 0 Å². The molecule has 22 heavy (non-hydrogen) atoms.